The number of hydrogen-bond acceptors (Lipinski definition) is 7. The van der Waals surface area contributed by atoms with Gasteiger partial charge < -0.3 is 15.4 Å². The van der Waals surface area contributed by atoms with E-state index in [-0.39, 0.29) is 11.7 Å². The van der Waals surface area contributed by atoms with E-state index in [1.807, 2.05) is 0 Å². The maximum Gasteiger partial charge on any atom is 0.343 e. The molecule has 1 aromatic carbocycles. The number of esters is 1. The fourth-order valence-corrected chi connectivity index (χ4v) is 2.94. The van der Waals surface area contributed by atoms with Crippen LogP contribution in [0.1, 0.15) is 40.3 Å². The average Bonchev–Trinajstić information content (AvgIpc) is 2.95. The molecule has 2 N–H and O–H groups in total. The SMILES string of the molecule is CNc1snc(C)c1C(=O)O[C@@H](C)C(=O)c1ccc(NC(C)=O)cc1. The molecule has 8 heteroatoms. The largest absolute Gasteiger partial charge is 0.451 e. The Hall–Kier alpha value is -2.74. The summed E-state index contributed by atoms with van der Waals surface area (Å²) >= 11 is 1.16. The van der Waals surface area contributed by atoms with Gasteiger partial charge in [0, 0.05) is 25.2 Å². The number of aromatic nitrogens is 1. The number of nitrogens with one attached hydrogen (secondary N) is 2. The molecule has 1 atom stereocenters. The molecule has 0 aliphatic rings. The minimum Gasteiger partial charge on any atom is -0.451 e. The molecule has 132 valence electrons. The van der Waals surface area contributed by atoms with Gasteiger partial charge in [0.2, 0.25) is 11.7 Å². The van der Waals surface area contributed by atoms with Crippen LogP contribution < -0.4 is 10.6 Å². The Bertz CT molecular complexity index is 799. The summed E-state index contributed by atoms with van der Waals surface area (Å²) in [6, 6.07) is 6.40. The van der Waals surface area contributed by atoms with E-state index in [2.05, 4.69) is 15.0 Å². The number of carbonyl (C=O) groups excluding carboxylic acids is 3. The monoisotopic (exact) mass is 361 g/mol. The minimum atomic E-state index is -0.942. The molecule has 25 heavy (non-hydrogen) atoms. The van der Waals surface area contributed by atoms with Gasteiger partial charge in [0.1, 0.15) is 10.6 Å². The minimum absolute atomic E-state index is 0.193. The van der Waals surface area contributed by atoms with Gasteiger partial charge in [-0.1, -0.05) is 0 Å². The van der Waals surface area contributed by atoms with Gasteiger partial charge in [-0.15, -0.1) is 0 Å². The molecule has 0 fully saturated rings. The second-order valence-electron chi connectivity index (χ2n) is 5.39. The quantitative estimate of drug-likeness (QED) is 0.606. The van der Waals surface area contributed by atoms with Crippen molar-refractivity contribution in [2.45, 2.75) is 26.9 Å². The van der Waals surface area contributed by atoms with Gasteiger partial charge in [0.05, 0.1) is 5.69 Å². The number of benzene rings is 1. The van der Waals surface area contributed by atoms with E-state index in [1.165, 1.54) is 13.8 Å². The van der Waals surface area contributed by atoms with Crippen molar-refractivity contribution in [2.24, 2.45) is 0 Å². The summed E-state index contributed by atoms with van der Waals surface area (Å²) in [7, 11) is 1.69. The molecule has 1 heterocycles. The molecule has 0 spiro atoms. The van der Waals surface area contributed by atoms with Crippen LogP contribution in [-0.2, 0) is 9.53 Å². The lowest BCUT2D eigenvalue weighted by molar-refractivity contribution is -0.114. The third-order valence-electron chi connectivity index (χ3n) is 3.44. The highest BCUT2D eigenvalue weighted by Gasteiger charge is 2.25. The summed E-state index contributed by atoms with van der Waals surface area (Å²) in [5.41, 5.74) is 1.88. The number of carbonyl (C=O) groups is 3. The Morgan fingerprint density at radius 1 is 1.20 bits per heavy atom. The Morgan fingerprint density at radius 2 is 1.84 bits per heavy atom. The summed E-state index contributed by atoms with van der Waals surface area (Å²) in [4.78, 5) is 35.8. The smallest absolute Gasteiger partial charge is 0.343 e. The van der Waals surface area contributed by atoms with Crippen LogP contribution in [0.3, 0.4) is 0 Å². The summed E-state index contributed by atoms with van der Waals surface area (Å²) in [5, 5.41) is 6.11. The van der Waals surface area contributed by atoms with E-state index in [0.29, 0.717) is 27.5 Å². The van der Waals surface area contributed by atoms with Crippen molar-refractivity contribution in [1.82, 2.24) is 4.37 Å². The number of anilines is 2. The van der Waals surface area contributed by atoms with Crippen molar-refractivity contribution in [3.05, 3.63) is 41.1 Å². The molecule has 2 rings (SSSR count). The summed E-state index contributed by atoms with van der Waals surface area (Å²) in [5.74, 6) is -1.11. The molecular weight excluding hydrogens is 342 g/mol. The van der Waals surface area contributed by atoms with Crippen LogP contribution in [0.15, 0.2) is 24.3 Å². The van der Waals surface area contributed by atoms with Crippen LogP contribution in [0.4, 0.5) is 10.7 Å². The highest BCUT2D eigenvalue weighted by molar-refractivity contribution is 7.10. The zero-order chi connectivity index (χ0) is 18.6. The van der Waals surface area contributed by atoms with Crippen molar-refractivity contribution >= 4 is 39.9 Å². The molecular formula is C17H19N3O4S. The topological polar surface area (TPSA) is 97.4 Å². The molecule has 0 saturated heterocycles. The third-order valence-corrected chi connectivity index (χ3v) is 4.39. The lowest BCUT2D eigenvalue weighted by Gasteiger charge is -2.13. The van der Waals surface area contributed by atoms with E-state index in [1.54, 1.807) is 38.2 Å². The molecule has 0 unspecified atom stereocenters. The summed E-state index contributed by atoms with van der Waals surface area (Å²) in [6.45, 7) is 4.64. The van der Waals surface area contributed by atoms with Gasteiger partial charge in [0.25, 0.3) is 0 Å². The second-order valence-corrected chi connectivity index (χ2v) is 6.17. The molecule has 1 amide bonds. The van der Waals surface area contributed by atoms with Gasteiger partial charge >= 0.3 is 5.97 Å². The van der Waals surface area contributed by atoms with Crippen LogP contribution in [0.2, 0.25) is 0 Å². The van der Waals surface area contributed by atoms with Crippen molar-refractivity contribution in [2.75, 3.05) is 17.7 Å². The van der Waals surface area contributed by atoms with Crippen LogP contribution in [0.5, 0.6) is 0 Å². The van der Waals surface area contributed by atoms with Crippen LogP contribution >= 0.6 is 11.5 Å². The van der Waals surface area contributed by atoms with Crippen molar-refractivity contribution in [1.29, 1.82) is 0 Å². The number of hydrogen-bond donors (Lipinski definition) is 2. The molecule has 0 aliphatic heterocycles. The average molecular weight is 361 g/mol. The van der Waals surface area contributed by atoms with E-state index in [0.717, 1.165) is 11.5 Å². The molecule has 0 saturated carbocycles. The Balaban J connectivity index is 2.08. The van der Waals surface area contributed by atoms with Gasteiger partial charge in [-0.05, 0) is 49.6 Å². The summed E-state index contributed by atoms with van der Waals surface area (Å²) < 4.78 is 9.41. The third kappa shape index (κ3) is 4.42. The predicted molar refractivity (Wildman–Crippen MR) is 96.4 cm³/mol. The number of Topliss-reactive ketones (excluding diaryl/α,β-unsaturated/α-hetero) is 1. The summed E-state index contributed by atoms with van der Waals surface area (Å²) in [6.07, 6.45) is -0.942. The predicted octanol–water partition coefficient (Wildman–Crippen LogP) is 2.88. The van der Waals surface area contributed by atoms with Crippen molar-refractivity contribution in [3.8, 4) is 0 Å². The highest BCUT2D eigenvalue weighted by Crippen LogP contribution is 2.25. The van der Waals surface area contributed by atoms with Crippen LogP contribution in [0, 0.1) is 6.92 Å². The molecule has 2 aromatic rings. The lowest BCUT2D eigenvalue weighted by atomic mass is 10.1. The molecule has 1 aromatic heterocycles. The number of ether oxygens (including phenoxy) is 1. The number of aryl methyl sites for hydroxylation is 1. The zero-order valence-corrected chi connectivity index (χ0v) is 15.2. The Kier molecular flexibility index (Phi) is 5.87. The number of nitrogens with zero attached hydrogens (tertiary/aromatic N) is 1. The lowest BCUT2D eigenvalue weighted by Crippen LogP contribution is -2.25. The fourth-order valence-electron chi connectivity index (χ4n) is 2.21. The maximum atomic E-state index is 12.4. The Morgan fingerprint density at radius 3 is 2.40 bits per heavy atom. The Labute approximate surface area is 149 Å². The zero-order valence-electron chi connectivity index (χ0n) is 14.4. The molecule has 0 radical (unpaired) electrons. The van der Waals surface area contributed by atoms with E-state index < -0.39 is 12.1 Å². The normalized spacial score (nSPS) is 11.5. The first-order valence-electron chi connectivity index (χ1n) is 7.60. The van der Waals surface area contributed by atoms with Crippen LogP contribution in [-0.4, -0.2) is 35.2 Å². The number of rotatable bonds is 6. The van der Waals surface area contributed by atoms with Gasteiger partial charge in [-0.25, -0.2) is 4.79 Å². The fraction of sp³-hybridized carbons (Fsp3) is 0.294. The number of ketones is 1. The van der Waals surface area contributed by atoms with Gasteiger partial charge in [-0.3, -0.25) is 9.59 Å². The standard InChI is InChI=1S/C17H19N3O4S/c1-9-14(16(18-4)25-20-9)17(23)24-10(2)15(22)12-5-7-13(8-6-12)19-11(3)21/h5-8,10,18H,1-4H3,(H,19,21)/t10-/m0/s1. The van der Waals surface area contributed by atoms with Gasteiger partial charge in [-0.2, -0.15) is 4.37 Å². The van der Waals surface area contributed by atoms with Crippen LogP contribution in [0.25, 0.3) is 0 Å². The van der Waals surface area contributed by atoms with E-state index in [4.69, 9.17) is 4.74 Å². The second kappa shape index (κ2) is 7.89. The first kappa shape index (κ1) is 18.6. The first-order chi connectivity index (χ1) is 11.8. The van der Waals surface area contributed by atoms with Gasteiger partial charge in [0.15, 0.2) is 6.10 Å². The van der Waals surface area contributed by atoms with Crippen molar-refractivity contribution < 1.29 is 19.1 Å². The molecule has 0 bridgehead atoms. The van der Waals surface area contributed by atoms with E-state index >= 15 is 0 Å². The molecule has 0 aliphatic carbocycles. The number of amides is 1. The first-order valence-corrected chi connectivity index (χ1v) is 8.37. The molecule has 7 nitrogen and oxygen atoms in total. The maximum absolute atomic E-state index is 12.4. The highest BCUT2D eigenvalue weighted by atomic mass is 32.1. The van der Waals surface area contributed by atoms with E-state index in [9.17, 15) is 14.4 Å². The van der Waals surface area contributed by atoms with Crippen molar-refractivity contribution in [3.63, 3.8) is 0 Å².